The highest BCUT2D eigenvalue weighted by molar-refractivity contribution is 5.90. The molecule has 0 aliphatic rings. The molecular formula is C22H30N2O5. The van der Waals surface area contributed by atoms with E-state index in [4.69, 9.17) is 19.9 Å². The van der Waals surface area contributed by atoms with Crippen LogP contribution in [0.1, 0.15) is 33.6 Å². The predicted molar refractivity (Wildman–Crippen MR) is 112 cm³/mol. The number of hydrogen-bond donors (Lipinski definition) is 2. The van der Waals surface area contributed by atoms with Crippen LogP contribution in [-0.2, 0) is 14.3 Å². The van der Waals surface area contributed by atoms with E-state index in [1.54, 1.807) is 47.1 Å². The minimum Gasteiger partial charge on any atom is -0.496 e. The molecule has 7 nitrogen and oxygen atoms in total. The van der Waals surface area contributed by atoms with Crippen LogP contribution in [0.25, 0.3) is 10.8 Å². The van der Waals surface area contributed by atoms with Gasteiger partial charge >= 0.3 is 11.9 Å². The molecule has 2 aromatic rings. The smallest absolute Gasteiger partial charge is 0.328 e. The van der Waals surface area contributed by atoms with Crippen LogP contribution in [-0.4, -0.2) is 43.8 Å². The topological polar surface area (TPSA) is 99.9 Å². The number of ether oxygens (including phenoxy) is 3. The van der Waals surface area contributed by atoms with Crippen molar-refractivity contribution >= 4 is 22.7 Å². The van der Waals surface area contributed by atoms with Crippen molar-refractivity contribution in [3.8, 4) is 11.5 Å². The average molecular weight is 402 g/mol. The van der Waals surface area contributed by atoms with E-state index in [1.165, 1.54) is 0 Å². The molecule has 0 amide bonds. The van der Waals surface area contributed by atoms with Crippen LogP contribution in [0.2, 0.25) is 0 Å². The zero-order valence-corrected chi connectivity index (χ0v) is 17.7. The SMILES string of the molecule is CN[C@@H](CCC(N)C(=O)OC(C)(C)C)C(=O)Oc1cc(OC)c2ccccc2c1. The summed E-state index contributed by atoms with van der Waals surface area (Å²) < 4.78 is 16.2. The van der Waals surface area contributed by atoms with Gasteiger partial charge in [-0.2, -0.15) is 0 Å². The van der Waals surface area contributed by atoms with Gasteiger partial charge in [0.15, 0.2) is 0 Å². The van der Waals surface area contributed by atoms with Gasteiger partial charge in [-0.15, -0.1) is 0 Å². The van der Waals surface area contributed by atoms with Crippen LogP contribution in [0.15, 0.2) is 36.4 Å². The van der Waals surface area contributed by atoms with Crippen molar-refractivity contribution in [3.63, 3.8) is 0 Å². The first-order valence-corrected chi connectivity index (χ1v) is 9.59. The quantitative estimate of drug-likeness (QED) is 0.517. The van der Waals surface area contributed by atoms with Gasteiger partial charge < -0.3 is 25.3 Å². The standard InChI is InChI=1S/C22H30N2O5/c1-22(2,3)29-20(25)17(23)10-11-18(24-4)21(26)28-15-12-14-8-6-7-9-16(14)19(13-15)27-5/h6-9,12-13,17-18,24H,10-11,23H2,1-5H3/t17?,18-/m0/s1. The van der Waals surface area contributed by atoms with Crippen molar-refractivity contribution in [3.05, 3.63) is 36.4 Å². The van der Waals surface area contributed by atoms with Crippen LogP contribution in [0, 0.1) is 0 Å². The summed E-state index contributed by atoms with van der Waals surface area (Å²) in [5, 5.41) is 4.76. The fourth-order valence-electron chi connectivity index (χ4n) is 2.89. The molecule has 0 heterocycles. The first kappa shape index (κ1) is 22.6. The van der Waals surface area contributed by atoms with E-state index < -0.39 is 29.6 Å². The summed E-state index contributed by atoms with van der Waals surface area (Å²) in [7, 11) is 3.23. The lowest BCUT2D eigenvalue weighted by Gasteiger charge is -2.23. The van der Waals surface area contributed by atoms with Crippen molar-refractivity contribution in [2.45, 2.75) is 51.3 Å². The lowest BCUT2D eigenvalue weighted by molar-refractivity contribution is -0.156. The third-order valence-corrected chi connectivity index (χ3v) is 4.34. The van der Waals surface area contributed by atoms with Crippen LogP contribution >= 0.6 is 0 Å². The maximum absolute atomic E-state index is 12.6. The molecule has 3 N–H and O–H groups in total. The molecular weight excluding hydrogens is 372 g/mol. The second kappa shape index (κ2) is 9.71. The van der Waals surface area contributed by atoms with E-state index in [0.29, 0.717) is 17.9 Å². The van der Waals surface area contributed by atoms with Crippen LogP contribution in [0.4, 0.5) is 0 Å². The molecule has 0 spiro atoms. The number of esters is 2. The molecule has 2 rings (SSSR count). The fraction of sp³-hybridized carbons (Fsp3) is 0.455. The number of benzene rings is 2. The van der Waals surface area contributed by atoms with E-state index in [0.717, 1.165) is 10.8 Å². The Kier molecular flexibility index (Phi) is 7.59. The second-order valence-corrected chi connectivity index (χ2v) is 7.83. The molecule has 0 bridgehead atoms. The Morgan fingerprint density at radius 2 is 1.79 bits per heavy atom. The summed E-state index contributed by atoms with van der Waals surface area (Å²) in [4.78, 5) is 24.6. The highest BCUT2D eigenvalue weighted by Gasteiger charge is 2.25. The third-order valence-electron chi connectivity index (χ3n) is 4.34. The lowest BCUT2D eigenvalue weighted by Crippen LogP contribution is -2.41. The number of carbonyl (C=O) groups is 2. The molecule has 0 fully saturated rings. The first-order valence-electron chi connectivity index (χ1n) is 9.59. The number of rotatable bonds is 8. The van der Waals surface area contributed by atoms with Gasteiger partial charge in [-0.05, 0) is 52.1 Å². The first-order chi connectivity index (χ1) is 13.6. The van der Waals surface area contributed by atoms with Crippen molar-refractivity contribution in [2.75, 3.05) is 14.2 Å². The number of methoxy groups -OCH3 is 1. The molecule has 7 heteroatoms. The van der Waals surface area contributed by atoms with E-state index in [9.17, 15) is 9.59 Å². The summed E-state index contributed by atoms with van der Waals surface area (Å²) in [6, 6.07) is 9.73. The Hall–Kier alpha value is -2.64. The maximum atomic E-state index is 12.6. The van der Waals surface area contributed by atoms with E-state index in [-0.39, 0.29) is 6.42 Å². The normalized spacial score (nSPS) is 13.6. The second-order valence-electron chi connectivity index (χ2n) is 7.83. The van der Waals surface area contributed by atoms with Crippen LogP contribution < -0.4 is 20.5 Å². The Morgan fingerprint density at radius 3 is 2.41 bits per heavy atom. The van der Waals surface area contributed by atoms with Crippen molar-refractivity contribution in [2.24, 2.45) is 5.73 Å². The molecule has 158 valence electrons. The molecule has 0 aliphatic carbocycles. The van der Waals surface area contributed by atoms with Crippen molar-refractivity contribution in [1.82, 2.24) is 5.32 Å². The minimum atomic E-state index is -0.807. The van der Waals surface area contributed by atoms with Gasteiger partial charge in [0.25, 0.3) is 0 Å². The zero-order chi connectivity index (χ0) is 21.6. The molecule has 0 saturated heterocycles. The largest absolute Gasteiger partial charge is 0.496 e. The summed E-state index contributed by atoms with van der Waals surface area (Å²) in [6.45, 7) is 5.34. The maximum Gasteiger partial charge on any atom is 0.328 e. The molecule has 0 aromatic heterocycles. The zero-order valence-electron chi connectivity index (χ0n) is 17.7. The summed E-state index contributed by atoms with van der Waals surface area (Å²) >= 11 is 0. The summed E-state index contributed by atoms with van der Waals surface area (Å²) in [5.41, 5.74) is 5.30. The van der Waals surface area contributed by atoms with Gasteiger partial charge in [0.1, 0.15) is 29.2 Å². The Labute approximate surface area is 171 Å². The molecule has 1 unspecified atom stereocenters. The highest BCUT2D eigenvalue weighted by Crippen LogP contribution is 2.31. The fourth-order valence-corrected chi connectivity index (χ4v) is 2.89. The number of nitrogens with one attached hydrogen (secondary N) is 1. The highest BCUT2D eigenvalue weighted by atomic mass is 16.6. The number of carbonyl (C=O) groups excluding carboxylic acids is 2. The van der Waals surface area contributed by atoms with Crippen molar-refractivity contribution in [1.29, 1.82) is 0 Å². The predicted octanol–water partition coefficient (Wildman–Crippen LogP) is 2.79. The molecule has 29 heavy (non-hydrogen) atoms. The Bertz CT molecular complexity index is 860. The Balaban J connectivity index is 2.03. The van der Waals surface area contributed by atoms with E-state index in [1.807, 2.05) is 24.3 Å². The average Bonchev–Trinajstić information content (AvgIpc) is 2.66. The van der Waals surface area contributed by atoms with Gasteiger partial charge in [-0.3, -0.25) is 4.79 Å². The monoisotopic (exact) mass is 402 g/mol. The van der Waals surface area contributed by atoms with E-state index in [2.05, 4.69) is 5.32 Å². The number of hydrogen-bond acceptors (Lipinski definition) is 7. The van der Waals surface area contributed by atoms with Crippen LogP contribution in [0.5, 0.6) is 11.5 Å². The van der Waals surface area contributed by atoms with E-state index >= 15 is 0 Å². The molecule has 0 aliphatic heterocycles. The summed E-state index contributed by atoms with van der Waals surface area (Å²) in [6.07, 6.45) is 0.622. The summed E-state index contributed by atoms with van der Waals surface area (Å²) in [5.74, 6) is 0.0716. The van der Waals surface area contributed by atoms with Gasteiger partial charge in [0.05, 0.1) is 7.11 Å². The van der Waals surface area contributed by atoms with Gasteiger partial charge in [0.2, 0.25) is 0 Å². The number of fused-ring (bicyclic) bond motifs is 1. The van der Waals surface area contributed by atoms with Gasteiger partial charge in [0, 0.05) is 11.5 Å². The van der Waals surface area contributed by atoms with Crippen molar-refractivity contribution < 1.29 is 23.8 Å². The van der Waals surface area contributed by atoms with Gasteiger partial charge in [-0.1, -0.05) is 24.3 Å². The van der Waals surface area contributed by atoms with Gasteiger partial charge in [-0.25, -0.2) is 4.79 Å². The molecule has 2 atom stereocenters. The number of nitrogens with two attached hydrogens (primary N) is 1. The minimum absolute atomic E-state index is 0.288. The van der Waals surface area contributed by atoms with Crippen LogP contribution in [0.3, 0.4) is 0 Å². The molecule has 0 radical (unpaired) electrons. The number of likely N-dealkylation sites (N-methyl/N-ethyl adjacent to an activating group) is 1. The molecule has 2 aromatic carbocycles. The lowest BCUT2D eigenvalue weighted by atomic mass is 10.1. The Morgan fingerprint density at radius 1 is 1.10 bits per heavy atom. The molecule has 0 saturated carbocycles. The third kappa shape index (κ3) is 6.44.